The van der Waals surface area contributed by atoms with Gasteiger partial charge in [0.05, 0.1) is 12.0 Å². The molecule has 0 spiro atoms. The Morgan fingerprint density at radius 2 is 1.70 bits per heavy atom. The number of Topliss-reactive ketones (excluding diaryl/α,β-unsaturated/α-hetero) is 1. The van der Waals surface area contributed by atoms with Gasteiger partial charge < -0.3 is 5.32 Å². The Kier molecular flexibility index (Phi) is 4.83. The van der Waals surface area contributed by atoms with Crippen LogP contribution in [0.4, 0.5) is 18.9 Å². The lowest BCUT2D eigenvalue weighted by Crippen LogP contribution is -2.15. The second kappa shape index (κ2) is 6.64. The molecular formula is C17H14F3NO2. The highest BCUT2D eigenvalue weighted by atomic mass is 19.4. The van der Waals surface area contributed by atoms with Gasteiger partial charge in [0.15, 0.2) is 5.78 Å². The standard InChI is InChI=1S/C17H14F3NO2/c1-11(22)13-3-2-4-15(10-13)21-16(23)9-12-5-7-14(8-6-12)17(18,19)20/h2-8,10H,9H2,1H3,(H,21,23). The number of benzene rings is 2. The van der Waals surface area contributed by atoms with Gasteiger partial charge in [-0.3, -0.25) is 9.59 Å². The zero-order chi connectivity index (χ0) is 17.0. The second-order valence-corrected chi connectivity index (χ2v) is 5.06. The average molecular weight is 321 g/mol. The van der Waals surface area contributed by atoms with Gasteiger partial charge in [-0.2, -0.15) is 13.2 Å². The van der Waals surface area contributed by atoms with Gasteiger partial charge in [-0.25, -0.2) is 0 Å². The van der Waals surface area contributed by atoms with Crippen molar-refractivity contribution in [2.24, 2.45) is 0 Å². The van der Waals surface area contributed by atoms with Gasteiger partial charge in [-0.15, -0.1) is 0 Å². The number of alkyl halides is 3. The normalized spacial score (nSPS) is 11.1. The lowest BCUT2D eigenvalue weighted by Gasteiger charge is -2.08. The summed E-state index contributed by atoms with van der Waals surface area (Å²) in [7, 11) is 0. The maximum Gasteiger partial charge on any atom is 0.416 e. The summed E-state index contributed by atoms with van der Waals surface area (Å²) < 4.78 is 37.4. The molecular weight excluding hydrogens is 307 g/mol. The fraction of sp³-hybridized carbons (Fsp3) is 0.176. The summed E-state index contributed by atoms with van der Waals surface area (Å²) >= 11 is 0. The molecule has 2 aromatic carbocycles. The van der Waals surface area contributed by atoms with E-state index in [2.05, 4.69) is 5.32 Å². The molecule has 0 fully saturated rings. The van der Waals surface area contributed by atoms with Crippen LogP contribution in [-0.2, 0) is 17.4 Å². The molecule has 2 rings (SSSR count). The van der Waals surface area contributed by atoms with Gasteiger partial charge in [-0.1, -0.05) is 24.3 Å². The molecule has 0 bridgehead atoms. The van der Waals surface area contributed by atoms with Crippen molar-refractivity contribution in [2.75, 3.05) is 5.32 Å². The molecule has 0 aliphatic heterocycles. The zero-order valence-corrected chi connectivity index (χ0v) is 12.3. The maximum absolute atomic E-state index is 12.5. The van der Waals surface area contributed by atoms with Crippen LogP contribution in [0.1, 0.15) is 28.4 Å². The van der Waals surface area contributed by atoms with Crippen molar-refractivity contribution >= 4 is 17.4 Å². The first kappa shape index (κ1) is 16.7. The molecule has 6 heteroatoms. The Morgan fingerprint density at radius 1 is 1.04 bits per heavy atom. The van der Waals surface area contributed by atoms with E-state index in [1.807, 2.05) is 0 Å². The third kappa shape index (κ3) is 4.67. The van der Waals surface area contributed by atoms with Gasteiger partial charge in [0.25, 0.3) is 0 Å². The maximum atomic E-state index is 12.5. The summed E-state index contributed by atoms with van der Waals surface area (Å²) in [5, 5.41) is 2.62. The minimum Gasteiger partial charge on any atom is -0.326 e. The number of amides is 1. The van der Waals surface area contributed by atoms with Gasteiger partial charge in [0.1, 0.15) is 0 Å². The number of nitrogens with one attached hydrogen (secondary N) is 1. The molecule has 0 atom stereocenters. The molecule has 0 aliphatic carbocycles. The number of ketones is 1. The summed E-state index contributed by atoms with van der Waals surface area (Å²) in [6, 6.07) is 10.9. The predicted molar refractivity (Wildman–Crippen MR) is 80.2 cm³/mol. The SMILES string of the molecule is CC(=O)c1cccc(NC(=O)Cc2ccc(C(F)(F)F)cc2)c1. The monoisotopic (exact) mass is 321 g/mol. The van der Waals surface area contributed by atoms with Crippen LogP contribution >= 0.6 is 0 Å². The predicted octanol–water partition coefficient (Wildman–Crippen LogP) is 4.09. The van der Waals surface area contributed by atoms with E-state index < -0.39 is 11.7 Å². The van der Waals surface area contributed by atoms with Crippen LogP contribution in [0, 0.1) is 0 Å². The molecule has 2 aromatic rings. The Morgan fingerprint density at radius 3 is 2.26 bits per heavy atom. The topological polar surface area (TPSA) is 46.2 Å². The van der Waals surface area contributed by atoms with Gasteiger partial charge >= 0.3 is 6.18 Å². The van der Waals surface area contributed by atoms with E-state index in [9.17, 15) is 22.8 Å². The molecule has 0 heterocycles. The number of rotatable bonds is 4. The summed E-state index contributed by atoms with van der Waals surface area (Å²) in [5.41, 5.74) is 0.654. The second-order valence-electron chi connectivity index (χ2n) is 5.06. The first-order valence-electron chi connectivity index (χ1n) is 6.83. The van der Waals surface area contributed by atoms with Crippen LogP contribution in [-0.4, -0.2) is 11.7 Å². The molecule has 1 N–H and O–H groups in total. The van der Waals surface area contributed by atoms with Gasteiger partial charge in [0.2, 0.25) is 5.91 Å². The Hall–Kier alpha value is -2.63. The van der Waals surface area contributed by atoms with Crippen molar-refractivity contribution in [3.8, 4) is 0 Å². The van der Waals surface area contributed by atoms with Crippen LogP contribution in [0.3, 0.4) is 0 Å². The Balaban J connectivity index is 2.02. The van der Waals surface area contributed by atoms with Crippen molar-refractivity contribution in [1.29, 1.82) is 0 Å². The van der Waals surface area contributed by atoms with E-state index in [0.717, 1.165) is 12.1 Å². The number of hydrogen-bond donors (Lipinski definition) is 1. The van der Waals surface area contributed by atoms with E-state index >= 15 is 0 Å². The highest BCUT2D eigenvalue weighted by molar-refractivity contribution is 5.97. The highest BCUT2D eigenvalue weighted by Crippen LogP contribution is 2.29. The molecule has 0 saturated heterocycles. The molecule has 0 aromatic heterocycles. The Bertz CT molecular complexity index is 721. The number of carbonyl (C=O) groups is 2. The molecule has 1 amide bonds. The van der Waals surface area contributed by atoms with Crippen molar-refractivity contribution in [1.82, 2.24) is 0 Å². The third-order valence-electron chi connectivity index (χ3n) is 3.20. The minimum atomic E-state index is -4.39. The summed E-state index contributed by atoms with van der Waals surface area (Å²) in [5.74, 6) is -0.491. The molecule has 120 valence electrons. The van der Waals surface area contributed by atoms with Crippen LogP contribution in [0.2, 0.25) is 0 Å². The fourth-order valence-electron chi connectivity index (χ4n) is 2.02. The highest BCUT2D eigenvalue weighted by Gasteiger charge is 2.29. The largest absolute Gasteiger partial charge is 0.416 e. The molecule has 0 radical (unpaired) electrons. The number of carbonyl (C=O) groups excluding carboxylic acids is 2. The number of halogens is 3. The number of anilines is 1. The first-order valence-corrected chi connectivity index (χ1v) is 6.83. The molecule has 23 heavy (non-hydrogen) atoms. The minimum absolute atomic E-state index is 0.0531. The third-order valence-corrected chi connectivity index (χ3v) is 3.20. The zero-order valence-electron chi connectivity index (χ0n) is 12.3. The van der Waals surface area contributed by atoms with Crippen LogP contribution < -0.4 is 5.32 Å². The van der Waals surface area contributed by atoms with Crippen molar-refractivity contribution in [3.63, 3.8) is 0 Å². The van der Waals surface area contributed by atoms with E-state index in [4.69, 9.17) is 0 Å². The summed E-state index contributed by atoms with van der Waals surface area (Å²) in [6.45, 7) is 1.42. The van der Waals surface area contributed by atoms with Crippen LogP contribution in [0.5, 0.6) is 0 Å². The van der Waals surface area contributed by atoms with Gasteiger partial charge in [0, 0.05) is 11.3 Å². The van der Waals surface area contributed by atoms with E-state index in [-0.39, 0.29) is 18.1 Å². The van der Waals surface area contributed by atoms with E-state index in [1.165, 1.54) is 19.1 Å². The molecule has 0 unspecified atom stereocenters. The lowest BCUT2D eigenvalue weighted by atomic mass is 10.1. The smallest absolute Gasteiger partial charge is 0.326 e. The molecule has 3 nitrogen and oxygen atoms in total. The van der Waals surface area contributed by atoms with Crippen molar-refractivity contribution in [3.05, 3.63) is 65.2 Å². The molecule has 0 aliphatic rings. The number of hydrogen-bond acceptors (Lipinski definition) is 2. The van der Waals surface area contributed by atoms with Crippen molar-refractivity contribution < 1.29 is 22.8 Å². The van der Waals surface area contributed by atoms with Gasteiger partial charge in [-0.05, 0) is 36.8 Å². The quantitative estimate of drug-likeness (QED) is 0.862. The summed E-state index contributed by atoms with van der Waals surface area (Å²) in [6.07, 6.45) is -4.45. The first-order chi connectivity index (χ1) is 10.8. The summed E-state index contributed by atoms with van der Waals surface area (Å²) in [4.78, 5) is 23.2. The average Bonchev–Trinajstić information content (AvgIpc) is 2.47. The lowest BCUT2D eigenvalue weighted by molar-refractivity contribution is -0.137. The fourth-order valence-corrected chi connectivity index (χ4v) is 2.02. The van der Waals surface area contributed by atoms with E-state index in [0.29, 0.717) is 16.8 Å². The Labute approximate surface area is 131 Å². The van der Waals surface area contributed by atoms with E-state index in [1.54, 1.807) is 24.3 Å². The molecule has 0 saturated carbocycles. The van der Waals surface area contributed by atoms with Crippen LogP contribution in [0.25, 0.3) is 0 Å². The van der Waals surface area contributed by atoms with Crippen LogP contribution in [0.15, 0.2) is 48.5 Å². The van der Waals surface area contributed by atoms with Crippen molar-refractivity contribution in [2.45, 2.75) is 19.5 Å².